The lowest BCUT2D eigenvalue weighted by Crippen LogP contribution is -2.20. The first-order valence-corrected chi connectivity index (χ1v) is 7.14. The number of rotatable bonds is 4. The molecule has 6 heteroatoms. The Kier molecular flexibility index (Phi) is 3.97. The molecule has 0 aliphatic carbocycles. The number of nitrogens with zero attached hydrogens (tertiary/aromatic N) is 1. The van der Waals surface area contributed by atoms with Crippen LogP contribution in [0.1, 0.15) is 24.2 Å². The third-order valence-electron chi connectivity index (χ3n) is 3.50. The van der Waals surface area contributed by atoms with Crippen molar-refractivity contribution in [2.75, 3.05) is 6.61 Å². The lowest BCUT2D eigenvalue weighted by atomic mass is 10.0. The number of ether oxygens (including phenoxy) is 2. The molecule has 0 saturated carbocycles. The van der Waals surface area contributed by atoms with E-state index in [4.69, 9.17) is 9.47 Å². The number of nitro groups is 1. The fourth-order valence-electron chi connectivity index (χ4n) is 2.48. The average Bonchev–Trinajstić information content (AvgIpc) is 2.55. The minimum atomic E-state index is -0.917. The molecule has 1 atom stereocenters. The Balaban J connectivity index is 2.09. The van der Waals surface area contributed by atoms with Gasteiger partial charge in [0.25, 0.3) is 5.70 Å². The summed E-state index contributed by atoms with van der Waals surface area (Å²) in [6, 6.07) is 10.7. The van der Waals surface area contributed by atoms with Gasteiger partial charge in [-0.25, -0.2) is 4.39 Å². The molecule has 2 aromatic rings. The van der Waals surface area contributed by atoms with Crippen molar-refractivity contribution in [1.82, 2.24) is 0 Å². The van der Waals surface area contributed by atoms with Crippen molar-refractivity contribution >= 4 is 6.08 Å². The minimum Gasteiger partial charge on any atom is -0.490 e. The van der Waals surface area contributed by atoms with Gasteiger partial charge in [0, 0.05) is 17.2 Å². The normalized spacial score (nSPS) is 16.1. The summed E-state index contributed by atoms with van der Waals surface area (Å²) in [7, 11) is 0. The van der Waals surface area contributed by atoms with Gasteiger partial charge in [0.2, 0.25) is 6.10 Å². The van der Waals surface area contributed by atoms with Crippen LogP contribution in [0.5, 0.6) is 11.5 Å². The highest BCUT2D eigenvalue weighted by Gasteiger charge is 2.34. The van der Waals surface area contributed by atoms with Crippen molar-refractivity contribution in [2.24, 2.45) is 0 Å². The van der Waals surface area contributed by atoms with E-state index >= 15 is 0 Å². The average molecular weight is 315 g/mol. The molecule has 1 heterocycles. The zero-order valence-electron chi connectivity index (χ0n) is 12.4. The monoisotopic (exact) mass is 315 g/mol. The lowest BCUT2D eigenvalue weighted by molar-refractivity contribution is -0.434. The number of benzene rings is 2. The number of hydrogen-bond donors (Lipinski definition) is 0. The molecule has 2 aromatic carbocycles. The zero-order valence-corrected chi connectivity index (χ0v) is 12.4. The van der Waals surface area contributed by atoms with Gasteiger partial charge in [-0.15, -0.1) is 0 Å². The first-order chi connectivity index (χ1) is 11.1. The highest BCUT2D eigenvalue weighted by atomic mass is 19.1. The molecule has 0 amide bonds. The van der Waals surface area contributed by atoms with Crippen LogP contribution in [0.25, 0.3) is 6.08 Å². The molecule has 1 unspecified atom stereocenters. The predicted octanol–water partition coefficient (Wildman–Crippen LogP) is 3.98. The van der Waals surface area contributed by atoms with Gasteiger partial charge < -0.3 is 9.47 Å². The molecule has 1 aliphatic heterocycles. The molecular formula is C17H14FNO4. The summed E-state index contributed by atoms with van der Waals surface area (Å²) in [5.41, 5.74) is 0.991. The van der Waals surface area contributed by atoms with E-state index in [2.05, 4.69) is 0 Å². The second kappa shape index (κ2) is 6.08. The number of hydrogen-bond acceptors (Lipinski definition) is 4. The molecule has 0 N–H and O–H groups in total. The maximum absolute atomic E-state index is 13.1. The van der Waals surface area contributed by atoms with E-state index in [1.807, 2.05) is 6.92 Å². The van der Waals surface area contributed by atoms with Crippen molar-refractivity contribution in [3.05, 3.63) is 75.2 Å². The first kappa shape index (κ1) is 15.0. The summed E-state index contributed by atoms with van der Waals surface area (Å²) >= 11 is 0. The highest BCUT2D eigenvalue weighted by Crippen LogP contribution is 2.42. The number of halogens is 1. The van der Waals surface area contributed by atoms with Gasteiger partial charge in [-0.3, -0.25) is 10.1 Å². The van der Waals surface area contributed by atoms with Crippen LogP contribution >= 0.6 is 0 Å². The molecule has 0 spiro atoms. The van der Waals surface area contributed by atoms with Crippen LogP contribution in [-0.4, -0.2) is 11.5 Å². The Morgan fingerprint density at radius 3 is 2.65 bits per heavy atom. The van der Waals surface area contributed by atoms with Crippen LogP contribution in [0.15, 0.2) is 48.2 Å². The Bertz CT molecular complexity index is 771. The van der Waals surface area contributed by atoms with Gasteiger partial charge >= 0.3 is 0 Å². The fraction of sp³-hybridized carbons (Fsp3) is 0.176. The Labute approximate surface area is 132 Å². The quantitative estimate of drug-likeness (QED) is 0.632. The Hall–Kier alpha value is -2.89. The molecule has 3 rings (SSSR count). The first-order valence-electron chi connectivity index (χ1n) is 7.14. The van der Waals surface area contributed by atoms with Gasteiger partial charge in [0.1, 0.15) is 5.82 Å². The number of fused-ring (bicyclic) bond motifs is 1. The third-order valence-corrected chi connectivity index (χ3v) is 3.50. The van der Waals surface area contributed by atoms with E-state index in [1.165, 1.54) is 30.3 Å². The van der Waals surface area contributed by atoms with Crippen molar-refractivity contribution < 1.29 is 18.8 Å². The molecule has 0 bridgehead atoms. The van der Waals surface area contributed by atoms with Gasteiger partial charge in [0.15, 0.2) is 11.5 Å². The summed E-state index contributed by atoms with van der Waals surface area (Å²) in [4.78, 5) is 10.9. The van der Waals surface area contributed by atoms with Crippen LogP contribution < -0.4 is 9.47 Å². The Morgan fingerprint density at radius 1 is 1.26 bits per heavy atom. The van der Waals surface area contributed by atoms with E-state index in [0.717, 1.165) is 0 Å². The second-order valence-corrected chi connectivity index (χ2v) is 4.98. The topological polar surface area (TPSA) is 61.6 Å². The van der Waals surface area contributed by atoms with E-state index in [1.54, 1.807) is 18.2 Å². The van der Waals surface area contributed by atoms with Crippen LogP contribution in [-0.2, 0) is 0 Å². The summed E-state index contributed by atoms with van der Waals surface area (Å²) < 4.78 is 24.5. The van der Waals surface area contributed by atoms with E-state index in [0.29, 0.717) is 29.2 Å². The molecule has 118 valence electrons. The lowest BCUT2D eigenvalue weighted by Gasteiger charge is -2.24. The van der Waals surface area contributed by atoms with Crippen LogP contribution in [0.2, 0.25) is 0 Å². The highest BCUT2D eigenvalue weighted by molar-refractivity contribution is 5.66. The van der Waals surface area contributed by atoms with Crippen molar-refractivity contribution in [3.8, 4) is 11.5 Å². The molecule has 5 nitrogen and oxygen atoms in total. The number of para-hydroxylation sites is 1. The molecule has 0 saturated heterocycles. The summed E-state index contributed by atoms with van der Waals surface area (Å²) in [6.45, 7) is 2.30. The van der Waals surface area contributed by atoms with Crippen LogP contribution in [0, 0.1) is 15.9 Å². The Morgan fingerprint density at radius 2 is 2.00 bits per heavy atom. The maximum atomic E-state index is 13.1. The van der Waals surface area contributed by atoms with Crippen LogP contribution in [0.3, 0.4) is 0 Å². The van der Waals surface area contributed by atoms with Crippen molar-refractivity contribution in [3.63, 3.8) is 0 Å². The molecule has 0 radical (unpaired) electrons. The SMILES string of the molecule is CCOc1cccc2c1OC(c1ccc(F)cc1)C([N+](=O)[O-])=C2. The molecular weight excluding hydrogens is 301 g/mol. The van der Waals surface area contributed by atoms with Crippen molar-refractivity contribution in [2.45, 2.75) is 13.0 Å². The molecule has 0 aromatic heterocycles. The maximum Gasteiger partial charge on any atom is 0.291 e. The van der Waals surface area contributed by atoms with E-state index in [9.17, 15) is 14.5 Å². The molecule has 23 heavy (non-hydrogen) atoms. The fourth-order valence-corrected chi connectivity index (χ4v) is 2.48. The van der Waals surface area contributed by atoms with Crippen molar-refractivity contribution in [1.29, 1.82) is 0 Å². The van der Waals surface area contributed by atoms with Gasteiger partial charge in [-0.1, -0.05) is 24.3 Å². The van der Waals surface area contributed by atoms with E-state index in [-0.39, 0.29) is 5.70 Å². The largest absolute Gasteiger partial charge is 0.490 e. The summed E-state index contributed by atoms with van der Waals surface area (Å²) in [5, 5.41) is 11.4. The van der Waals surface area contributed by atoms with E-state index < -0.39 is 16.8 Å². The second-order valence-electron chi connectivity index (χ2n) is 4.98. The summed E-state index contributed by atoms with van der Waals surface area (Å²) in [5.74, 6) is 0.566. The van der Waals surface area contributed by atoms with Gasteiger partial charge in [0.05, 0.1) is 11.5 Å². The third kappa shape index (κ3) is 2.88. The molecule has 0 fully saturated rings. The molecule has 1 aliphatic rings. The zero-order chi connectivity index (χ0) is 16.4. The van der Waals surface area contributed by atoms with Gasteiger partial charge in [-0.05, 0) is 25.1 Å². The summed E-state index contributed by atoms with van der Waals surface area (Å²) in [6.07, 6.45) is 0.551. The minimum absolute atomic E-state index is 0.0993. The predicted molar refractivity (Wildman–Crippen MR) is 82.4 cm³/mol. The smallest absolute Gasteiger partial charge is 0.291 e. The van der Waals surface area contributed by atoms with Crippen LogP contribution in [0.4, 0.5) is 4.39 Å². The van der Waals surface area contributed by atoms with Gasteiger partial charge in [-0.2, -0.15) is 0 Å². The standard InChI is InChI=1S/C17H14FNO4/c1-2-22-15-5-3-4-12-10-14(19(20)21)16(23-17(12)15)11-6-8-13(18)9-7-11/h3-10,16H,2H2,1H3.